The average molecular weight is 322 g/mol. The van der Waals surface area contributed by atoms with Gasteiger partial charge in [-0.25, -0.2) is 4.98 Å². The smallest absolute Gasteiger partial charge is 0.266 e. The number of halogens is 1. The molecule has 0 bridgehead atoms. The summed E-state index contributed by atoms with van der Waals surface area (Å²) in [4.78, 5) is 30.3. The number of likely N-dealkylation sites (N-methyl/N-ethyl adjacent to an activating group) is 1. The molecule has 1 rings (SSSR count). The molecular weight excluding hydrogens is 311 g/mol. The number of nitrogens with one attached hydrogen (secondary N) is 2. The molecule has 7 heteroatoms. The Kier molecular flexibility index (Phi) is 4.06. The molecule has 15 heavy (non-hydrogen) atoms. The van der Waals surface area contributed by atoms with Crippen LogP contribution in [-0.4, -0.2) is 41.4 Å². The number of rotatable bonds is 3. The predicted molar refractivity (Wildman–Crippen MR) is 64.8 cm³/mol. The van der Waals surface area contributed by atoms with Gasteiger partial charge >= 0.3 is 0 Å². The number of carbonyl (C=O) groups is 1. The number of carbonyl (C=O) groups excluding carboxylic acids is 1. The Morgan fingerprint density at radius 3 is 2.93 bits per heavy atom. The third-order valence-corrected chi connectivity index (χ3v) is 2.70. The zero-order valence-corrected chi connectivity index (χ0v) is 10.5. The van der Waals surface area contributed by atoms with Gasteiger partial charge < -0.3 is 15.2 Å². The lowest BCUT2D eigenvalue weighted by Crippen LogP contribution is -2.29. The van der Waals surface area contributed by atoms with Crippen LogP contribution in [0.5, 0.6) is 0 Å². The summed E-state index contributed by atoms with van der Waals surface area (Å²) in [5.41, 5.74) is -0.217. The number of aromatic amines is 1. The monoisotopic (exact) mass is 322 g/mol. The van der Waals surface area contributed by atoms with Crippen molar-refractivity contribution in [3.05, 3.63) is 20.3 Å². The van der Waals surface area contributed by atoms with E-state index < -0.39 is 0 Å². The topological polar surface area (TPSA) is 78.1 Å². The van der Waals surface area contributed by atoms with Crippen molar-refractivity contribution in [2.45, 2.75) is 0 Å². The Balaban J connectivity index is 2.70. The van der Waals surface area contributed by atoms with Gasteiger partial charge in [-0.2, -0.15) is 0 Å². The second-order valence-corrected chi connectivity index (χ2v) is 4.11. The first-order valence-electron chi connectivity index (χ1n) is 4.19. The number of hydrogen-bond acceptors (Lipinski definition) is 4. The molecule has 1 aromatic heterocycles. The quantitative estimate of drug-likeness (QED) is 0.761. The van der Waals surface area contributed by atoms with Gasteiger partial charge in [-0.3, -0.25) is 9.59 Å². The summed E-state index contributed by atoms with van der Waals surface area (Å²) in [5, 5.41) is 2.81. The summed E-state index contributed by atoms with van der Waals surface area (Å²) in [6.45, 7) is 0.124. The van der Waals surface area contributed by atoms with Crippen molar-refractivity contribution in [2.75, 3.05) is 26.0 Å². The number of aromatic nitrogens is 2. The Labute approximate surface area is 100 Å². The number of nitrogens with zero attached hydrogens (tertiary/aromatic N) is 2. The highest BCUT2D eigenvalue weighted by atomic mass is 127. The van der Waals surface area contributed by atoms with Crippen LogP contribution in [0.4, 0.5) is 5.82 Å². The van der Waals surface area contributed by atoms with E-state index in [0.29, 0.717) is 9.39 Å². The van der Waals surface area contributed by atoms with Crippen molar-refractivity contribution in [2.24, 2.45) is 0 Å². The minimum atomic E-state index is -0.217. The number of H-pyrrole nitrogens is 1. The standard InChI is InChI=1S/C8H11IN4O2/c1-13(2)5(14)3-10-7-6(9)8(15)12-4-11-7/h4H,3H2,1-2H3,(H2,10,11,12,15). The fourth-order valence-electron chi connectivity index (χ4n) is 0.824. The molecule has 2 N–H and O–H groups in total. The molecule has 0 atom stereocenters. The molecule has 0 spiro atoms. The molecule has 0 radical (unpaired) electrons. The molecule has 82 valence electrons. The molecule has 0 saturated carbocycles. The maximum atomic E-state index is 11.3. The van der Waals surface area contributed by atoms with Gasteiger partial charge in [0.1, 0.15) is 9.39 Å². The summed E-state index contributed by atoms with van der Waals surface area (Å²) in [6, 6.07) is 0. The van der Waals surface area contributed by atoms with E-state index in [-0.39, 0.29) is 18.0 Å². The van der Waals surface area contributed by atoms with E-state index in [1.165, 1.54) is 11.2 Å². The summed E-state index contributed by atoms with van der Waals surface area (Å²) in [7, 11) is 3.33. The molecule has 0 aliphatic heterocycles. The minimum absolute atomic E-state index is 0.0760. The molecule has 0 fully saturated rings. The molecule has 1 aromatic rings. The fourth-order valence-corrected chi connectivity index (χ4v) is 1.31. The SMILES string of the molecule is CN(C)C(=O)CNc1nc[nH]c(=O)c1I. The Bertz CT molecular complexity index is 415. The van der Waals surface area contributed by atoms with Gasteiger partial charge in [-0.05, 0) is 22.6 Å². The van der Waals surface area contributed by atoms with E-state index >= 15 is 0 Å². The highest BCUT2D eigenvalue weighted by Gasteiger charge is 2.07. The molecule has 0 aliphatic rings. The lowest BCUT2D eigenvalue weighted by atomic mass is 10.5. The van der Waals surface area contributed by atoms with E-state index in [0.717, 1.165) is 0 Å². The number of anilines is 1. The lowest BCUT2D eigenvalue weighted by Gasteiger charge is -2.11. The summed E-state index contributed by atoms with van der Waals surface area (Å²) >= 11 is 1.88. The van der Waals surface area contributed by atoms with Crippen LogP contribution in [0, 0.1) is 3.57 Å². The van der Waals surface area contributed by atoms with Crippen LogP contribution in [0.2, 0.25) is 0 Å². The van der Waals surface area contributed by atoms with Gasteiger partial charge in [0.15, 0.2) is 0 Å². The van der Waals surface area contributed by atoms with Crippen LogP contribution >= 0.6 is 22.6 Å². The number of amides is 1. The zero-order valence-electron chi connectivity index (χ0n) is 8.37. The van der Waals surface area contributed by atoms with Crippen molar-refractivity contribution in [3.63, 3.8) is 0 Å². The maximum Gasteiger partial charge on any atom is 0.266 e. The van der Waals surface area contributed by atoms with Crippen LogP contribution in [-0.2, 0) is 4.79 Å². The summed E-state index contributed by atoms with van der Waals surface area (Å²) in [6.07, 6.45) is 1.30. The van der Waals surface area contributed by atoms with Gasteiger partial charge in [0, 0.05) is 14.1 Å². The highest BCUT2D eigenvalue weighted by molar-refractivity contribution is 14.1. The van der Waals surface area contributed by atoms with Crippen molar-refractivity contribution < 1.29 is 4.79 Å². The van der Waals surface area contributed by atoms with E-state index in [4.69, 9.17) is 0 Å². The molecule has 6 nitrogen and oxygen atoms in total. The first kappa shape index (κ1) is 12.0. The Hall–Kier alpha value is -1.12. The van der Waals surface area contributed by atoms with E-state index in [1.807, 2.05) is 22.6 Å². The van der Waals surface area contributed by atoms with Crippen LogP contribution in [0.3, 0.4) is 0 Å². The van der Waals surface area contributed by atoms with Crippen LogP contribution in [0.15, 0.2) is 11.1 Å². The van der Waals surface area contributed by atoms with Crippen molar-refractivity contribution >= 4 is 34.3 Å². The third kappa shape index (κ3) is 3.18. The Morgan fingerprint density at radius 2 is 2.33 bits per heavy atom. The second-order valence-electron chi connectivity index (χ2n) is 3.04. The molecule has 1 heterocycles. The van der Waals surface area contributed by atoms with Gasteiger partial charge in [-0.15, -0.1) is 0 Å². The second kappa shape index (κ2) is 5.10. The lowest BCUT2D eigenvalue weighted by molar-refractivity contribution is -0.126. The normalized spacial score (nSPS) is 9.80. The van der Waals surface area contributed by atoms with E-state index in [2.05, 4.69) is 15.3 Å². The summed E-state index contributed by atoms with van der Waals surface area (Å²) < 4.78 is 0.446. The zero-order chi connectivity index (χ0) is 11.4. The summed E-state index contributed by atoms with van der Waals surface area (Å²) in [5.74, 6) is 0.349. The van der Waals surface area contributed by atoms with Crippen LogP contribution in [0.1, 0.15) is 0 Å². The van der Waals surface area contributed by atoms with Gasteiger partial charge in [0.2, 0.25) is 5.91 Å². The van der Waals surface area contributed by atoms with Crippen molar-refractivity contribution in [1.29, 1.82) is 0 Å². The first-order chi connectivity index (χ1) is 7.02. The van der Waals surface area contributed by atoms with Crippen molar-refractivity contribution in [1.82, 2.24) is 14.9 Å². The molecule has 0 aliphatic carbocycles. The largest absolute Gasteiger partial charge is 0.360 e. The molecular formula is C8H11IN4O2. The average Bonchev–Trinajstić information content (AvgIpc) is 2.19. The van der Waals surface area contributed by atoms with Crippen LogP contribution in [0.25, 0.3) is 0 Å². The fraction of sp³-hybridized carbons (Fsp3) is 0.375. The van der Waals surface area contributed by atoms with Crippen molar-refractivity contribution in [3.8, 4) is 0 Å². The van der Waals surface area contributed by atoms with E-state index in [9.17, 15) is 9.59 Å². The van der Waals surface area contributed by atoms with Crippen LogP contribution < -0.4 is 10.9 Å². The van der Waals surface area contributed by atoms with Gasteiger partial charge in [-0.1, -0.05) is 0 Å². The van der Waals surface area contributed by atoms with E-state index in [1.54, 1.807) is 14.1 Å². The molecule has 0 aromatic carbocycles. The first-order valence-corrected chi connectivity index (χ1v) is 5.27. The van der Waals surface area contributed by atoms with Gasteiger partial charge in [0.25, 0.3) is 5.56 Å². The molecule has 0 unspecified atom stereocenters. The minimum Gasteiger partial charge on any atom is -0.360 e. The number of hydrogen-bond donors (Lipinski definition) is 2. The maximum absolute atomic E-state index is 11.3. The third-order valence-electron chi connectivity index (χ3n) is 1.70. The molecule has 0 saturated heterocycles. The van der Waals surface area contributed by atoms with Gasteiger partial charge in [0.05, 0.1) is 12.9 Å². The highest BCUT2D eigenvalue weighted by Crippen LogP contribution is 2.07. The Morgan fingerprint density at radius 1 is 1.67 bits per heavy atom. The molecule has 1 amide bonds. The predicted octanol–water partition coefficient (Wildman–Crippen LogP) is -0.125.